The van der Waals surface area contributed by atoms with Crippen molar-refractivity contribution in [2.75, 3.05) is 61.6 Å². The van der Waals surface area contributed by atoms with Crippen molar-refractivity contribution < 1.29 is 19.1 Å². The number of nitrogens with zero attached hydrogens (tertiary/aromatic N) is 4. The summed E-state index contributed by atoms with van der Waals surface area (Å²) in [6.45, 7) is 4.46. The summed E-state index contributed by atoms with van der Waals surface area (Å²) in [7, 11) is 1.66. The Kier molecular flexibility index (Phi) is 8.84. The summed E-state index contributed by atoms with van der Waals surface area (Å²) < 4.78 is 12.6. The van der Waals surface area contributed by atoms with E-state index in [1.54, 1.807) is 17.7 Å². The number of nitrogens with one attached hydrogen (secondary N) is 1. The van der Waals surface area contributed by atoms with E-state index in [2.05, 4.69) is 20.1 Å². The van der Waals surface area contributed by atoms with Gasteiger partial charge in [0.05, 0.1) is 6.61 Å². The molecule has 2 aromatic carbocycles. The number of amides is 1. The first kappa shape index (κ1) is 28.9. The number of methoxy groups -OCH3 is 1. The molecular weight excluding hydrogens is 554 g/mol. The second kappa shape index (κ2) is 13.4. The van der Waals surface area contributed by atoms with E-state index in [-0.39, 0.29) is 0 Å². The molecule has 1 aliphatic heterocycles. The number of benzene rings is 2. The molecule has 1 N–H and O–H groups in total. The molecule has 3 aromatic heterocycles. The SMILES string of the molecule is COCCOc1ccnc(N2CCCN(c3ccc(NC(=O)C(=O)c4c(-c5ccccc5)cc5ccccn45)cc3)CC2)c1. The molecule has 1 amide bonds. The number of rotatable bonds is 10. The summed E-state index contributed by atoms with van der Waals surface area (Å²) in [4.78, 5) is 35.9. The Morgan fingerprint density at radius 3 is 2.43 bits per heavy atom. The number of aromatic nitrogens is 2. The van der Waals surface area contributed by atoms with Crippen LogP contribution in [0.4, 0.5) is 17.2 Å². The predicted molar refractivity (Wildman–Crippen MR) is 173 cm³/mol. The van der Waals surface area contributed by atoms with Gasteiger partial charge in [-0.25, -0.2) is 4.98 Å². The molecule has 1 fully saturated rings. The van der Waals surface area contributed by atoms with Crippen LogP contribution in [0.5, 0.6) is 5.75 Å². The van der Waals surface area contributed by atoms with Gasteiger partial charge in [-0.1, -0.05) is 36.4 Å². The van der Waals surface area contributed by atoms with Crippen LogP contribution in [0.1, 0.15) is 16.9 Å². The third-order valence-corrected chi connectivity index (χ3v) is 7.77. The lowest BCUT2D eigenvalue weighted by molar-refractivity contribution is -0.112. The highest BCUT2D eigenvalue weighted by atomic mass is 16.5. The van der Waals surface area contributed by atoms with Gasteiger partial charge in [0.25, 0.3) is 11.7 Å². The van der Waals surface area contributed by atoms with Gasteiger partial charge in [0.1, 0.15) is 23.9 Å². The van der Waals surface area contributed by atoms with Gasteiger partial charge in [-0.2, -0.15) is 0 Å². The van der Waals surface area contributed by atoms with Crippen LogP contribution < -0.4 is 19.9 Å². The van der Waals surface area contributed by atoms with Gasteiger partial charge in [-0.15, -0.1) is 0 Å². The van der Waals surface area contributed by atoms with Crippen LogP contribution in [0.2, 0.25) is 0 Å². The normalized spacial score (nSPS) is 13.5. The Morgan fingerprint density at radius 2 is 1.61 bits per heavy atom. The molecule has 224 valence electrons. The lowest BCUT2D eigenvalue weighted by Gasteiger charge is -2.24. The van der Waals surface area contributed by atoms with Crippen LogP contribution in [-0.2, 0) is 9.53 Å². The summed E-state index contributed by atoms with van der Waals surface area (Å²) in [5.41, 5.74) is 4.43. The van der Waals surface area contributed by atoms with E-state index >= 15 is 0 Å². The number of carbonyl (C=O) groups is 2. The highest BCUT2D eigenvalue weighted by molar-refractivity contribution is 6.47. The maximum absolute atomic E-state index is 13.5. The standard InChI is InChI=1S/C35H35N5O4/c1-43-22-23-44-30-15-16-36-32(25-30)39-18-7-17-38(20-21-39)28-13-11-27(12-14-28)37-35(42)34(41)33-31(26-8-3-2-4-9-26)24-29-10-5-6-19-40(29)33/h2-6,8-16,19,24-25H,7,17-18,20-23H2,1H3,(H,37,42). The number of ether oxygens (including phenoxy) is 2. The fourth-order valence-electron chi connectivity index (χ4n) is 5.55. The maximum atomic E-state index is 13.5. The van der Waals surface area contributed by atoms with Crippen molar-refractivity contribution in [2.45, 2.75) is 6.42 Å². The van der Waals surface area contributed by atoms with Crippen molar-refractivity contribution in [3.63, 3.8) is 0 Å². The van der Waals surface area contributed by atoms with Crippen molar-refractivity contribution >= 4 is 34.4 Å². The number of Topliss-reactive ketones (excluding diaryl/α,β-unsaturated/α-hetero) is 1. The van der Waals surface area contributed by atoms with Gasteiger partial charge < -0.3 is 29.0 Å². The minimum atomic E-state index is -0.676. The van der Waals surface area contributed by atoms with Crippen LogP contribution in [-0.4, -0.2) is 67.6 Å². The van der Waals surface area contributed by atoms with Crippen molar-refractivity contribution in [2.24, 2.45) is 0 Å². The molecular formula is C35H35N5O4. The fraction of sp³-hybridized carbons (Fsp3) is 0.229. The Hall–Kier alpha value is -5.15. The van der Waals surface area contributed by atoms with Crippen LogP contribution in [0.3, 0.4) is 0 Å². The van der Waals surface area contributed by atoms with Crippen molar-refractivity contribution in [1.82, 2.24) is 9.38 Å². The first-order chi connectivity index (χ1) is 21.6. The molecule has 6 rings (SSSR count). The molecule has 0 aliphatic carbocycles. The number of anilines is 3. The molecule has 0 unspecified atom stereocenters. The minimum Gasteiger partial charge on any atom is -0.491 e. The number of pyridine rings is 2. The first-order valence-electron chi connectivity index (χ1n) is 14.8. The topological polar surface area (TPSA) is 88.4 Å². The molecule has 9 nitrogen and oxygen atoms in total. The third-order valence-electron chi connectivity index (χ3n) is 7.77. The number of hydrogen-bond acceptors (Lipinski definition) is 7. The van der Waals surface area contributed by atoms with Gasteiger partial charge in [-0.05, 0) is 60.5 Å². The van der Waals surface area contributed by atoms with E-state index in [0.717, 1.165) is 66.5 Å². The predicted octanol–water partition coefficient (Wildman–Crippen LogP) is 5.56. The van der Waals surface area contributed by atoms with Gasteiger partial charge in [0.2, 0.25) is 0 Å². The molecule has 1 aliphatic rings. The molecule has 0 atom stereocenters. The monoisotopic (exact) mass is 589 g/mol. The molecule has 0 saturated carbocycles. The highest BCUT2D eigenvalue weighted by Gasteiger charge is 2.25. The zero-order chi connectivity index (χ0) is 30.3. The van der Waals surface area contributed by atoms with Gasteiger partial charge in [-0.3, -0.25) is 9.59 Å². The zero-order valence-electron chi connectivity index (χ0n) is 24.7. The largest absolute Gasteiger partial charge is 0.491 e. The van der Waals surface area contributed by atoms with E-state index in [9.17, 15) is 9.59 Å². The van der Waals surface area contributed by atoms with E-state index in [1.165, 1.54) is 0 Å². The summed E-state index contributed by atoms with van der Waals surface area (Å²) in [6, 6.07) is 28.8. The fourth-order valence-corrected chi connectivity index (χ4v) is 5.55. The number of carbonyl (C=O) groups excluding carboxylic acids is 2. The molecule has 1 saturated heterocycles. The Morgan fingerprint density at radius 1 is 0.841 bits per heavy atom. The third kappa shape index (κ3) is 6.43. The minimum absolute atomic E-state index is 0.344. The van der Waals surface area contributed by atoms with Gasteiger partial charge >= 0.3 is 0 Å². The number of hydrogen-bond donors (Lipinski definition) is 1. The molecule has 9 heteroatoms. The maximum Gasteiger partial charge on any atom is 0.298 e. The lowest BCUT2D eigenvalue weighted by atomic mass is 10.0. The Bertz CT molecular complexity index is 1740. The van der Waals surface area contributed by atoms with E-state index in [1.807, 2.05) is 97.2 Å². The molecule has 5 aromatic rings. The van der Waals surface area contributed by atoms with Crippen LogP contribution in [0.15, 0.2) is 103 Å². The van der Waals surface area contributed by atoms with Crippen molar-refractivity contribution in [3.8, 4) is 16.9 Å². The Balaban J connectivity index is 1.11. The summed E-state index contributed by atoms with van der Waals surface area (Å²) in [6.07, 6.45) is 4.56. The van der Waals surface area contributed by atoms with Crippen LogP contribution >= 0.6 is 0 Å². The van der Waals surface area contributed by atoms with E-state index in [0.29, 0.717) is 24.6 Å². The second-order valence-corrected chi connectivity index (χ2v) is 10.6. The van der Waals surface area contributed by atoms with Crippen LogP contribution in [0.25, 0.3) is 16.6 Å². The first-order valence-corrected chi connectivity index (χ1v) is 14.8. The quantitative estimate of drug-likeness (QED) is 0.130. The van der Waals surface area contributed by atoms with Crippen molar-refractivity contribution in [3.05, 3.63) is 109 Å². The second-order valence-electron chi connectivity index (χ2n) is 10.6. The summed E-state index contributed by atoms with van der Waals surface area (Å²) in [5.74, 6) is 0.417. The molecule has 0 spiro atoms. The molecule has 0 radical (unpaired) electrons. The number of ketones is 1. The molecule has 44 heavy (non-hydrogen) atoms. The summed E-state index contributed by atoms with van der Waals surface area (Å²) >= 11 is 0. The summed E-state index contributed by atoms with van der Waals surface area (Å²) in [5, 5.41) is 2.81. The molecule has 4 heterocycles. The van der Waals surface area contributed by atoms with Crippen LogP contribution in [0, 0.1) is 0 Å². The lowest BCUT2D eigenvalue weighted by Crippen LogP contribution is -2.31. The average Bonchev–Trinajstić information content (AvgIpc) is 3.28. The van der Waals surface area contributed by atoms with E-state index < -0.39 is 11.7 Å². The molecule has 0 bridgehead atoms. The van der Waals surface area contributed by atoms with E-state index in [4.69, 9.17) is 9.47 Å². The average molecular weight is 590 g/mol. The highest BCUT2D eigenvalue weighted by Crippen LogP contribution is 2.29. The number of fused-ring (bicyclic) bond motifs is 1. The zero-order valence-corrected chi connectivity index (χ0v) is 24.7. The van der Waals surface area contributed by atoms with Gasteiger partial charge in [0, 0.05) is 74.2 Å². The Labute approximate surface area is 256 Å². The van der Waals surface area contributed by atoms with Crippen molar-refractivity contribution in [1.29, 1.82) is 0 Å². The smallest absolute Gasteiger partial charge is 0.298 e. The van der Waals surface area contributed by atoms with Gasteiger partial charge in [0.15, 0.2) is 0 Å².